The molecule has 1 saturated carbocycles. The lowest BCUT2D eigenvalue weighted by atomic mass is 9.88. The maximum Gasteiger partial charge on any atom is 0.175 e. The lowest BCUT2D eigenvalue weighted by Crippen LogP contribution is -2.22. The van der Waals surface area contributed by atoms with Crippen LogP contribution in [0.1, 0.15) is 37.8 Å². The van der Waals surface area contributed by atoms with Crippen LogP contribution in [0.3, 0.4) is 0 Å². The van der Waals surface area contributed by atoms with Crippen molar-refractivity contribution in [2.24, 2.45) is 5.92 Å². The van der Waals surface area contributed by atoms with E-state index in [0.717, 1.165) is 31.9 Å². The summed E-state index contributed by atoms with van der Waals surface area (Å²) in [7, 11) is 0. The molecule has 2 aliphatic carbocycles. The van der Waals surface area contributed by atoms with Gasteiger partial charge in [-0.25, -0.2) is 0 Å². The van der Waals surface area contributed by atoms with E-state index in [1.807, 2.05) is 91.0 Å². The van der Waals surface area contributed by atoms with Gasteiger partial charge in [-0.1, -0.05) is 94.8 Å². The molecular formula is C27H17BrO2. The maximum atomic E-state index is 13.9. The second-order valence-electron chi connectivity index (χ2n) is 8.14. The number of fused-ring (bicyclic) bond motifs is 1. The molecule has 0 unspecified atom stereocenters. The van der Waals surface area contributed by atoms with Crippen molar-refractivity contribution >= 4 is 38.3 Å². The van der Waals surface area contributed by atoms with Crippen LogP contribution in [0.25, 0.3) is 10.8 Å². The van der Waals surface area contributed by atoms with Crippen LogP contribution in [-0.4, -0.2) is 11.6 Å². The van der Waals surface area contributed by atoms with Gasteiger partial charge in [-0.3, -0.25) is 9.59 Å². The Labute approximate surface area is 182 Å². The van der Waals surface area contributed by atoms with E-state index in [0.29, 0.717) is 5.56 Å². The zero-order valence-electron chi connectivity index (χ0n) is 16.0. The van der Waals surface area contributed by atoms with Crippen molar-refractivity contribution in [1.29, 1.82) is 0 Å². The quantitative estimate of drug-likeness (QED) is 0.340. The highest BCUT2D eigenvalue weighted by Gasteiger charge is 2.75. The van der Waals surface area contributed by atoms with Crippen LogP contribution in [0.4, 0.5) is 0 Å². The number of hydrogen-bond acceptors (Lipinski definition) is 2. The Morgan fingerprint density at radius 2 is 1.50 bits per heavy atom. The molecule has 2 aliphatic rings. The first-order valence-corrected chi connectivity index (χ1v) is 10.8. The molecule has 0 amide bonds. The number of hydrogen-bond donors (Lipinski definition) is 0. The van der Waals surface area contributed by atoms with E-state index in [1.165, 1.54) is 0 Å². The predicted octanol–water partition coefficient (Wildman–Crippen LogP) is 6.33. The number of rotatable bonds is 3. The van der Waals surface area contributed by atoms with Gasteiger partial charge in [0.15, 0.2) is 11.6 Å². The van der Waals surface area contributed by atoms with Crippen LogP contribution in [0.15, 0.2) is 95.5 Å². The van der Waals surface area contributed by atoms with E-state index in [-0.39, 0.29) is 17.5 Å². The third-order valence-electron chi connectivity index (χ3n) is 6.75. The first kappa shape index (κ1) is 17.8. The summed E-state index contributed by atoms with van der Waals surface area (Å²) in [6.07, 6.45) is 0. The van der Waals surface area contributed by atoms with Gasteiger partial charge < -0.3 is 0 Å². The molecule has 4 aromatic carbocycles. The Kier molecular flexibility index (Phi) is 3.69. The average molecular weight is 453 g/mol. The summed E-state index contributed by atoms with van der Waals surface area (Å²) in [5.41, 5.74) is 2.64. The molecule has 0 heterocycles. The van der Waals surface area contributed by atoms with Crippen LogP contribution < -0.4 is 0 Å². The minimum Gasteiger partial charge on any atom is -0.294 e. The third-order valence-corrected chi connectivity index (χ3v) is 7.27. The van der Waals surface area contributed by atoms with Crippen molar-refractivity contribution in [3.63, 3.8) is 0 Å². The fourth-order valence-electron chi connectivity index (χ4n) is 5.49. The Bertz CT molecular complexity index is 1340. The van der Waals surface area contributed by atoms with Gasteiger partial charge in [0.1, 0.15) is 0 Å². The zero-order valence-corrected chi connectivity index (χ0v) is 17.6. The van der Waals surface area contributed by atoms with Gasteiger partial charge in [0.05, 0.1) is 5.41 Å². The van der Waals surface area contributed by atoms with Gasteiger partial charge in [0.25, 0.3) is 0 Å². The number of Topliss-reactive ketones (excluding diaryl/α,β-unsaturated/α-hetero) is 2. The maximum absolute atomic E-state index is 13.9. The van der Waals surface area contributed by atoms with Gasteiger partial charge in [-0.15, -0.1) is 0 Å². The average Bonchev–Trinajstić information content (AvgIpc) is 3.42. The van der Waals surface area contributed by atoms with E-state index in [9.17, 15) is 9.59 Å². The van der Waals surface area contributed by atoms with Crippen LogP contribution in [0.5, 0.6) is 0 Å². The molecule has 30 heavy (non-hydrogen) atoms. The smallest absolute Gasteiger partial charge is 0.175 e. The Hall–Kier alpha value is -3.04. The van der Waals surface area contributed by atoms with E-state index < -0.39 is 11.3 Å². The molecule has 0 aromatic heterocycles. The second-order valence-corrected chi connectivity index (χ2v) is 9.06. The summed E-state index contributed by atoms with van der Waals surface area (Å²) in [5, 5.41) is 2.07. The van der Waals surface area contributed by atoms with Crippen molar-refractivity contribution in [2.75, 3.05) is 0 Å². The molecule has 0 saturated heterocycles. The number of ketones is 2. The van der Waals surface area contributed by atoms with Crippen LogP contribution in [0.2, 0.25) is 0 Å². The van der Waals surface area contributed by atoms with Crippen molar-refractivity contribution in [2.45, 2.75) is 11.3 Å². The van der Waals surface area contributed by atoms with Crippen LogP contribution >= 0.6 is 15.9 Å². The molecule has 0 N–H and O–H groups in total. The molecule has 3 heteroatoms. The fraction of sp³-hybridized carbons (Fsp3) is 0.111. The highest BCUT2D eigenvalue weighted by atomic mass is 79.9. The van der Waals surface area contributed by atoms with Gasteiger partial charge >= 0.3 is 0 Å². The lowest BCUT2D eigenvalue weighted by Gasteiger charge is -2.11. The van der Waals surface area contributed by atoms with E-state index in [4.69, 9.17) is 0 Å². The lowest BCUT2D eigenvalue weighted by molar-refractivity contribution is 0.0892. The predicted molar refractivity (Wildman–Crippen MR) is 121 cm³/mol. The Morgan fingerprint density at radius 1 is 0.800 bits per heavy atom. The van der Waals surface area contributed by atoms with Gasteiger partial charge in [-0.2, -0.15) is 0 Å². The Balaban J connectivity index is 1.58. The monoisotopic (exact) mass is 452 g/mol. The Morgan fingerprint density at radius 3 is 2.23 bits per heavy atom. The molecule has 144 valence electrons. The van der Waals surface area contributed by atoms with Crippen molar-refractivity contribution in [3.05, 3.63) is 118 Å². The minimum absolute atomic E-state index is 0.0366. The first-order valence-electron chi connectivity index (χ1n) is 10.1. The zero-order chi connectivity index (χ0) is 20.5. The minimum atomic E-state index is -0.811. The molecule has 0 radical (unpaired) electrons. The molecule has 1 fully saturated rings. The molecular weight excluding hydrogens is 436 g/mol. The standard InChI is InChI=1S/C27H17BrO2/c28-19-14-12-18(13-15-19)25(29)24-23(17-6-2-1-3-7-17)27(24)21-11-5-9-16-8-4-10-20(22(16)21)26(27)30/h1-15,23-24H/t23-,24+,27+/m0/s1. The van der Waals surface area contributed by atoms with E-state index >= 15 is 0 Å². The van der Waals surface area contributed by atoms with Crippen molar-refractivity contribution < 1.29 is 9.59 Å². The summed E-state index contributed by atoms with van der Waals surface area (Å²) in [5.74, 6) is -0.431. The van der Waals surface area contributed by atoms with Gasteiger partial charge in [0.2, 0.25) is 0 Å². The molecule has 1 spiro atoms. The van der Waals surface area contributed by atoms with Gasteiger partial charge in [-0.05, 0) is 34.0 Å². The topological polar surface area (TPSA) is 34.1 Å². The van der Waals surface area contributed by atoms with Crippen molar-refractivity contribution in [3.8, 4) is 0 Å². The number of benzene rings is 4. The number of carbonyl (C=O) groups excluding carboxylic acids is 2. The molecule has 0 aliphatic heterocycles. The SMILES string of the molecule is O=C(c1ccc(Br)cc1)[C@H]1[C@H](c2ccccc2)[C@@]12C(=O)c1cccc3cccc2c13. The third kappa shape index (κ3) is 2.19. The molecule has 0 bridgehead atoms. The van der Waals surface area contributed by atoms with Crippen LogP contribution in [0, 0.1) is 5.92 Å². The van der Waals surface area contributed by atoms with Gasteiger partial charge in [0, 0.05) is 27.4 Å². The summed E-state index contributed by atoms with van der Waals surface area (Å²) < 4.78 is 0.929. The summed E-state index contributed by atoms with van der Waals surface area (Å²) >= 11 is 3.44. The molecule has 2 nitrogen and oxygen atoms in total. The van der Waals surface area contributed by atoms with Crippen molar-refractivity contribution in [1.82, 2.24) is 0 Å². The number of halogens is 1. The highest BCUT2D eigenvalue weighted by molar-refractivity contribution is 9.10. The molecule has 3 atom stereocenters. The summed E-state index contributed by atoms with van der Waals surface area (Å²) in [6.45, 7) is 0. The number of carbonyl (C=O) groups is 2. The van der Waals surface area contributed by atoms with E-state index in [2.05, 4.69) is 15.9 Å². The molecule has 6 rings (SSSR count). The fourth-order valence-corrected chi connectivity index (χ4v) is 5.76. The largest absolute Gasteiger partial charge is 0.294 e. The first-order chi connectivity index (χ1) is 14.6. The van der Waals surface area contributed by atoms with Crippen LogP contribution in [-0.2, 0) is 5.41 Å². The highest BCUT2D eigenvalue weighted by Crippen LogP contribution is 2.71. The normalized spacial score (nSPS) is 23.8. The summed E-state index contributed by atoms with van der Waals surface area (Å²) in [4.78, 5) is 27.6. The van der Waals surface area contributed by atoms with E-state index in [1.54, 1.807) is 0 Å². The molecule has 4 aromatic rings. The summed E-state index contributed by atoms with van der Waals surface area (Å²) in [6, 6.07) is 29.4. The second kappa shape index (κ2) is 6.23.